The Morgan fingerprint density at radius 2 is 2.14 bits per heavy atom. The third kappa shape index (κ3) is 4.01. The summed E-state index contributed by atoms with van der Waals surface area (Å²) in [7, 11) is 0. The summed E-state index contributed by atoms with van der Waals surface area (Å²) in [5.74, 6) is -0.777. The van der Waals surface area contributed by atoms with Crippen LogP contribution in [0.25, 0.3) is 0 Å². The van der Waals surface area contributed by atoms with E-state index < -0.39 is 5.97 Å². The largest absolute Gasteiger partial charge is 0.481 e. The van der Waals surface area contributed by atoms with Crippen molar-refractivity contribution in [1.29, 1.82) is 5.26 Å². The van der Waals surface area contributed by atoms with E-state index in [1.807, 2.05) is 0 Å². The van der Waals surface area contributed by atoms with Gasteiger partial charge >= 0.3 is 5.97 Å². The summed E-state index contributed by atoms with van der Waals surface area (Å²) in [5, 5.41) is 19.5. The van der Waals surface area contributed by atoms with Crippen LogP contribution < -0.4 is 4.90 Å². The Bertz CT molecular complexity index is 560. The quantitative estimate of drug-likeness (QED) is 0.699. The molecule has 120 valence electrons. The molecule has 0 bridgehead atoms. The van der Waals surface area contributed by atoms with Crippen molar-refractivity contribution in [3.8, 4) is 6.07 Å². The summed E-state index contributed by atoms with van der Waals surface area (Å²) in [6.45, 7) is 3.52. The van der Waals surface area contributed by atoms with Crippen LogP contribution in [0.3, 0.4) is 0 Å². The van der Waals surface area contributed by atoms with E-state index in [9.17, 15) is 10.1 Å². The zero-order valence-electron chi connectivity index (χ0n) is 13.2. The van der Waals surface area contributed by atoms with Crippen LogP contribution in [0.15, 0.2) is 0 Å². The predicted molar refractivity (Wildman–Crippen MR) is 89.7 cm³/mol. The van der Waals surface area contributed by atoms with Crippen LogP contribution in [-0.2, 0) is 17.6 Å². The SMILES string of the molecule is CCCCCCN(CCC(=O)O)c1sc2c(c1C#N)CCC2. The van der Waals surface area contributed by atoms with Gasteiger partial charge in [-0.1, -0.05) is 26.2 Å². The summed E-state index contributed by atoms with van der Waals surface area (Å²) in [6, 6.07) is 2.37. The van der Waals surface area contributed by atoms with Crippen molar-refractivity contribution in [2.24, 2.45) is 0 Å². The van der Waals surface area contributed by atoms with Gasteiger partial charge in [0.15, 0.2) is 0 Å². The molecule has 0 saturated carbocycles. The van der Waals surface area contributed by atoms with Crippen LogP contribution in [0, 0.1) is 11.3 Å². The Balaban J connectivity index is 2.13. The normalized spacial score (nSPS) is 12.9. The van der Waals surface area contributed by atoms with E-state index in [1.165, 1.54) is 23.3 Å². The Morgan fingerprint density at radius 1 is 1.32 bits per heavy atom. The molecule has 0 saturated heterocycles. The first-order valence-electron chi connectivity index (χ1n) is 8.18. The number of carboxylic acids is 1. The average Bonchev–Trinajstić information content (AvgIpc) is 3.06. The Kier molecular flexibility index (Phi) is 6.26. The number of nitrogens with zero attached hydrogens (tertiary/aromatic N) is 2. The fraction of sp³-hybridized carbons (Fsp3) is 0.647. The van der Waals surface area contributed by atoms with Crippen molar-refractivity contribution in [3.63, 3.8) is 0 Å². The number of unbranched alkanes of at least 4 members (excludes halogenated alkanes) is 3. The number of aryl methyl sites for hydroxylation is 1. The minimum atomic E-state index is -0.777. The number of anilines is 1. The van der Waals surface area contributed by atoms with Crippen molar-refractivity contribution < 1.29 is 9.90 Å². The first kappa shape index (κ1) is 16.8. The smallest absolute Gasteiger partial charge is 0.305 e. The molecule has 22 heavy (non-hydrogen) atoms. The fourth-order valence-corrected chi connectivity index (χ4v) is 4.39. The number of nitriles is 1. The van der Waals surface area contributed by atoms with Gasteiger partial charge in [0.25, 0.3) is 0 Å². The summed E-state index contributed by atoms with van der Waals surface area (Å²) in [6.07, 6.45) is 7.94. The molecular formula is C17H24N2O2S. The molecule has 1 aromatic rings. The predicted octanol–water partition coefficient (Wildman–Crippen LogP) is 3.97. The second-order valence-corrected chi connectivity index (χ2v) is 6.92. The van der Waals surface area contributed by atoms with Crippen molar-refractivity contribution >= 4 is 22.3 Å². The highest BCUT2D eigenvalue weighted by Crippen LogP contribution is 2.40. The van der Waals surface area contributed by atoms with Gasteiger partial charge in [-0.3, -0.25) is 4.79 Å². The van der Waals surface area contributed by atoms with E-state index >= 15 is 0 Å². The van der Waals surface area contributed by atoms with E-state index in [0.717, 1.165) is 49.2 Å². The first-order chi connectivity index (χ1) is 10.7. The molecule has 1 aliphatic rings. The highest BCUT2D eigenvalue weighted by Gasteiger charge is 2.25. The molecule has 2 rings (SSSR count). The monoisotopic (exact) mass is 320 g/mol. The average molecular weight is 320 g/mol. The molecule has 1 heterocycles. The number of hydrogen-bond acceptors (Lipinski definition) is 4. The third-order valence-corrected chi connectivity index (χ3v) is 5.53. The van der Waals surface area contributed by atoms with E-state index in [2.05, 4.69) is 17.9 Å². The molecule has 0 aromatic carbocycles. The lowest BCUT2D eigenvalue weighted by atomic mass is 10.1. The van der Waals surface area contributed by atoms with Crippen molar-refractivity contribution in [1.82, 2.24) is 0 Å². The Labute approximate surface area is 136 Å². The molecule has 0 radical (unpaired) electrons. The molecule has 0 unspecified atom stereocenters. The molecule has 0 spiro atoms. The molecule has 1 aromatic heterocycles. The zero-order chi connectivity index (χ0) is 15.9. The van der Waals surface area contributed by atoms with Crippen LogP contribution in [0.4, 0.5) is 5.00 Å². The molecule has 0 fully saturated rings. The Morgan fingerprint density at radius 3 is 2.82 bits per heavy atom. The molecule has 1 N–H and O–H groups in total. The van der Waals surface area contributed by atoms with Gasteiger partial charge in [-0.15, -0.1) is 11.3 Å². The van der Waals surface area contributed by atoms with Gasteiger partial charge in [0.05, 0.1) is 12.0 Å². The number of carbonyl (C=O) groups is 1. The van der Waals surface area contributed by atoms with Gasteiger partial charge in [-0.25, -0.2) is 0 Å². The standard InChI is InChI=1S/C17H24N2O2S/c1-2-3-4-5-10-19(11-9-16(20)21)17-14(12-18)13-7-6-8-15(13)22-17/h2-11H2,1H3,(H,20,21). The Hall–Kier alpha value is -1.54. The van der Waals surface area contributed by atoms with Crippen LogP contribution >= 0.6 is 11.3 Å². The summed E-state index contributed by atoms with van der Waals surface area (Å²) in [4.78, 5) is 14.4. The maximum absolute atomic E-state index is 10.9. The van der Waals surface area contributed by atoms with Gasteiger partial charge in [-0.2, -0.15) is 5.26 Å². The molecule has 5 heteroatoms. The van der Waals surface area contributed by atoms with Crippen LogP contribution in [-0.4, -0.2) is 24.2 Å². The van der Waals surface area contributed by atoms with E-state index in [-0.39, 0.29) is 6.42 Å². The number of rotatable bonds is 9. The molecule has 4 nitrogen and oxygen atoms in total. The zero-order valence-corrected chi connectivity index (χ0v) is 14.0. The van der Waals surface area contributed by atoms with Crippen molar-refractivity contribution in [2.45, 2.75) is 58.3 Å². The first-order valence-corrected chi connectivity index (χ1v) is 9.00. The topological polar surface area (TPSA) is 64.3 Å². The van der Waals surface area contributed by atoms with Crippen molar-refractivity contribution in [3.05, 3.63) is 16.0 Å². The highest BCUT2D eigenvalue weighted by molar-refractivity contribution is 7.16. The molecule has 0 amide bonds. The van der Waals surface area contributed by atoms with Gasteiger partial charge in [0, 0.05) is 18.0 Å². The minimum Gasteiger partial charge on any atom is -0.481 e. The number of thiophene rings is 1. The lowest BCUT2D eigenvalue weighted by Crippen LogP contribution is -2.27. The van der Waals surface area contributed by atoms with Crippen molar-refractivity contribution in [2.75, 3.05) is 18.0 Å². The lowest BCUT2D eigenvalue weighted by molar-refractivity contribution is -0.136. The van der Waals surface area contributed by atoms with Gasteiger partial charge in [-0.05, 0) is 31.2 Å². The van der Waals surface area contributed by atoms with E-state index in [4.69, 9.17) is 5.11 Å². The fourth-order valence-electron chi connectivity index (χ4n) is 3.00. The van der Waals surface area contributed by atoms with Crippen LogP contribution in [0.1, 0.15) is 61.5 Å². The van der Waals surface area contributed by atoms with E-state index in [1.54, 1.807) is 11.3 Å². The molecular weight excluding hydrogens is 296 g/mol. The lowest BCUT2D eigenvalue weighted by Gasteiger charge is -2.23. The number of hydrogen-bond donors (Lipinski definition) is 1. The second kappa shape index (κ2) is 8.19. The summed E-state index contributed by atoms with van der Waals surface area (Å²) in [5.41, 5.74) is 2.02. The third-order valence-electron chi connectivity index (χ3n) is 4.18. The highest BCUT2D eigenvalue weighted by atomic mass is 32.1. The van der Waals surface area contributed by atoms with Crippen LogP contribution in [0.2, 0.25) is 0 Å². The summed E-state index contributed by atoms with van der Waals surface area (Å²) < 4.78 is 0. The number of carboxylic acid groups (broad SMARTS) is 1. The van der Waals surface area contributed by atoms with Crippen LogP contribution in [0.5, 0.6) is 0 Å². The second-order valence-electron chi connectivity index (χ2n) is 5.84. The molecule has 0 aliphatic heterocycles. The van der Waals surface area contributed by atoms with Gasteiger partial charge < -0.3 is 10.0 Å². The molecule has 1 aliphatic carbocycles. The number of fused-ring (bicyclic) bond motifs is 1. The van der Waals surface area contributed by atoms with Gasteiger partial charge in [0.2, 0.25) is 0 Å². The van der Waals surface area contributed by atoms with E-state index in [0.29, 0.717) is 6.54 Å². The van der Waals surface area contributed by atoms with Gasteiger partial charge in [0.1, 0.15) is 11.1 Å². The number of aliphatic carboxylic acids is 1. The molecule has 0 atom stereocenters. The maximum atomic E-state index is 10.9. The maximum Gasteiger partial charge on any atom is 0.305 e. The minimum absolute atomic E-state index is 0.126. The summed E-state index contributed by atoms with van der Waals surface area (Å²) >= 11 is 1.71.